The van der Waals surface area contributed by atoms with Crippen LogP contribution in [0.4, 0.5) is 19.7 Å². The van der Waals surface area contributed by atoms with Gasteiger partial charge in [0.2, 0.25) is 0 Å². The minimum absolute atomic E-state index is 0.0162. The monoisotopic (exact) mass is 459 g/mol. The van der Waals surface area contributed by atoms with Crippen LogP contribution in [0, 0.1) is 10.1 Å². The van der Waals surface area contributed by atoms with Gasteiger partial charge >= 0.3 is 12.4 Å². The number of H-pyrrole nitrogens is 1. The number of carbonyl (C=O) groups is 1. The summed E-state index contributed by atoms with van der Waals surface area (Å²) in [4.78, 5) is 26.5. The molecule has 2 aromatic heterocycles. The van der Waals surface area contributed by atoms with E-state index in [1.54, 1.807) is 17.5 Å². The number of benzene rings is 1. The zero-order valence-electron chi connectivity index (χ0n) is 13.0. The van der Waals surface area contributed by atoms with E-state index in [0.29, 0.717) is 11.3 Å². The molecule has 9 nitrogen and oxygen atoms in total. The molecule has 0 saturated heterocycles. The third kappa shape index (κ3) is 4.25. The van der Waals surface area contributed by atoms with Crippen LogP contribution in [0.5, 0.6) is 5.75 Å². The molecule has 2 N–H and O–H groups in total. The number of thiazole rings is 1. The van der Waals surface area contributed by atoms with Crippen molar-refractivity contribution in [2.24, 2.45) is 0 Å². The SMILES string of the molecule is O=C(Nc1nc(-c2ccc(OC(F)F)cc2)cs1)c1n[nH]c([N+](=O)[O-])c1Br. The van der Waals surface area contributed by atoms with E-state index in [2.05, 4.69) is 41.2 Å². The predicted molar refractivity (Wildman–Crippen MR) is 95.1 cm³/mol. The molecule has 0 atom stereocenters. The lowest BCUT2D eigenvalue weighted by Crippen LogP contribution is -2.12. The van der Waals surface area contributed by atoms with Gasteiger partial charge in [-0.25, -0.2) is 4.98 Å². The van der Waals surface area contributed by atoms with Gasteiger partial charge in [-0.3, -0.25) is 10.1 Å². The largest absolute Gasteiger partial charge is 0.435 e. The lowest BCUT2D eigenvalue weighted by Gasteiger charge is -2.04. The molecular formula is C14H8BrF2N5O4S. The number of hydrogen-bond acceptors (Lipinski definition) is 7. The molecule has 0 fully saturated rings. The first-order chi connectivity index (χ1) is 12.8. The molecule has 0 unspecified atom stereocenters. The van der Waals surface area contributed by atoms with Crippen molar-refractivity contribution >= 4 is 44.1 Å². The van der Waals surface area contributed by atoms with Crippen LogP contribution in [-0.4, -0.2) is 32.6 Å². The number of carbonyl (C=O) groups excluding carboxylic acids is 1. The minimum atomic E-state index is -2.91. The lowest BCUT2D eigenvalue weighted by atomic mass is 10.2. The molecule has 1 aromatic carbocycles. The second kappa shape index (κ2) is 7.75. The van der Waals surface area contributed by atoms with Crippen molar-refractivity contribution < 1.29 is 23.2 Å². The zero-order chi connectivity index (χ0) is 19.6. The molecule has 27 heavy (non-hydrogen) atoms. The van der Waals surface area contributed by atoms with Crippen LogP contribution in [0.2, 0.25) is 0 Å². The van der Waals surface area contributed by atoms with Crippen molar-refractivity contribution in [2.45, 2.75) is 6.61 Å². The van der Waals surface area contributed by atoms with Gasteiger partial charge in [0.15, 0.2) is 10.8 Å². The Morgan fingerprint density at radius 1 is 1.37 bits per heavy atom. The van der Waals surface area contributed by atoms with Crippen LogP contribution in [0.25, 0.3) is 11.3 Å². The number of rotatable bonds is 6. The maximum atomic E-state index is 12.2. The Hall–Kier alpha value is -2.93. The summed E-state index contributed by atoms with van der Waals surface area (Å²) in [5.41, 5.74) is 0.947. The number of aromatic nitrogens is 3. The molecule has 140 valence electrons. The molecule has 2 heterocycles. The maximum absolute atomic E-state index is 12.2. The third-order valence-electron chi connectivity index (χ3n) is 3.19. The molecule has 0 aliphatic carbocycles. The van der Waals surface area contributed by atoms with Gasteiger partial charge in [-0.1, -0.05) is 5.10 Å². The number of halogens is 3. The number of nitrogens with one attached hydrogen (secondary N) is 2. The second-order valence-corrected chi connectivity index (χ2v) is 6.54. The number of ether oxygens (including phenoxy) is 1. The van der Waals surface area contributed by atoms with E-state index in [0.717, 1.165) is 11.3 Å². The van der Waals surface area contributed by atoms with Crippen LogP contribution < -0.4 is 10.1 Å². The Kier molecular flexibility index (Phi) is 5.41. The summed E-state index contributed by atoms with van der Waals surface area (Å²) in [6, 6.07) is 5.84. The number of alkyl halides is 2. The summed E-state index contributed by atoms with van der Waals surface area (Å²) in [7, 11) is 0. The molecule has 1 amide bonds. The standard InChI is InChI=1S/C14H8BrF2N5O4S/c15-9-10(20-21-11(9)22(24)25)12(23)19-14-18-8(5-27-14)6-1-3-7(4-2-6)26-13(16)17/h1-5,13H,(H,20,21)(H,18,19,23). The maximum Gasteiger partial charge on any atom is 0.387 e. The quantitative estimate of drug-likeness (QED) is 0.423. The van der Waals surface area contributed by atoms with Gasteiger partial charge in [-0.2, -0.15) is 8.78 Å². The van der Waals surface area contributed by atoms with Crippen molar-refractivity contribution in [1.29, 1.82) is 0 Å². The first-order valence-corrected chi connectivity index (χ1v) is 8.73. The molecular weight excluding hydrogens is 452 g/mol. The second-order valence-electron chi connectivity index (χ2n) is 4.89. The lowest BCUT2D eigenvalue weighted by molar-refractivity contribution is -0.390. The highest BCUT2D eigenvalue weighted by Gasteiger charge is 2.25. The average molecular weight is 460 g/mol. The van der Waals surface area contributed by atoms with E-state index in [9.17, 15) is 23.7 Å². The summed E-state index contributed by atoms with van der Waals surface area (Å²) in [5.74, 6) is -1.11. The first-order valence-electron chi connectivity index (χ1n) is 7.05. The van der Waals surface area contributed by atoms with Crippen LogP contribution in [0.3, 0.4) is 0 Å². The molecule has 0 bridgehead atoms. The normalized spacial score (nSPS) is 10.8. The molecule has 0 aliphatic heterocycles. The third-order valence-corrected chi connectivity index (χ3v) is 4.70. The Labute approximate surface area is 161 Å². The van der Waals surface area contributed by atoms with Crippen molar-refractivity contribution in [2.75, 3.05) is 5.32 Å². The minimum Gasteiger partial charge on any atom is -0.435 e. The molecule has 0 aliphatic rings. The number of amides is 1. The molecule has 13 heteroatoms. The number of aromatic amines is 1. The highest BCUT2D eigenvalue weighted by Crippen LogP contribution is 2.29. The van der Waals surface area contributed by atoms with Gasteiger partial charge < -0.3 is 14.9 Å². The van der Waals surface area contributed by atoms with E-state index in [1.165, 1.54) is 12.1 Å². The van der Waals surface area contributed by atoms with Crippen LogP contribution >= 0.6 is 27.3 Å². The average Bonchev–Trinajstić information content (AvgIpc) is 3.21. The fourth-order valence-corrected chi connectivity index (χ4v) is 3.23. The van der Waals surface area contributed by atoms with E-state index in [-0.39, 0.29) is 21.0 Å². The summed E-state index contributed by atoms with van der Waals surface area (Å²) < 4.78 is 28.5. The fraction of sp³-hybridized carbons (Fsp3) is 0.0714. The van der Waals surface area contributed by atoms with Gasteiger partial charge in [0.1, 0.15) is 10.2 Å². The molecule has 3 rings (SSSR count). The van der Waals surface area contributed by atoms with Crippen LogP contribution in [0.1, 0.15) is 10.5 Å². The molecule has 3 aromatic rings. The van der Waals surface area contributed by atoms with Gasteiger partial charge in [0.25, 0.3) is 5.91 Å². The van der Waals surface area contributed by atoms with E-state index >= 15 is 0 Å². The Morgan fingerprint density at radius 2 is 2.07 bits per heavy atom. The van der Waals surface area contributed by atoms with Gasteiger partial charge in [-0.15, -0.1) is 16.4 Å². The first kappa shape index (κ1) is 18.8. The zero-order valence-corrected chi connectivity index (χ0v) is 15.4. The van der Waals surface area contributed by atoms with Gasteiger partial charge in [0, 0.05) is 10.9 Å². The van der Waals surface area contributed by atoms with E-state index < -0.39 is 23.3 Å². The van der Waals surface area contributed by atoms with Crippen molar-refractivity contribution in [3.63, 3.8) is 0 Å². The smallest absolute Gasteiger partial charge is 0.387 e. The van der Waals surface area contributed by atoms with Crippen LogP contribution in [-0.2, 0) is 0 Å². The Balaban J connectivity index is 1.72. The molecule has 0 saturated carbocycles. The van der Waals surface area contributed by atoms with Crippen LogP contribution in [0.15, 0.2) is 34.1 Å². The summed E-state index contributed by atoms with van der Waals surface area (Å²) in [6.07, 6.45) is 0. The van der Waals surface area contributed by atoms with Crippen molar-refractivity contribution in [3.8, 4) is 17.0 Å². The summed E-state index contributed by atoms with van der Waals surface area (Å²) in [6.45, 7) is -2.91. The number of nitro groups is 1. The highest BCUT2D eigenvalue weighted by molar-refractivity contribution is 9.10. The topological polar surface area (TPSA) is 123 Å². The highest BCUT2D eigenvalue weighted by atomic mass is 79.9. The summed E-state index contributed by atoms with van der Waals surface area (Å²) in [5, 5.41) is 20.9. The molecule has 0 radical (unpaired) electrons. The van der Waals surface area contributed by atoms with Gasteiger partial charge in [0.05, 0.1) is 5.69 Å². The summed E-state index contributed by atoms with van der Waals surface area (Å²) >= 11 is 4.07. The van der Waals surface area contributed by atoms with Gasteiger partial charge in [-0.05, 0) is 45.1 Å². The van der Waals surface area contributed by atoms with Crippen molar-refractivity contribution in [1.82, 2.24) is 15.2 Å². The number of anilines is 1. The fourth-order valence-electron chi connectivity index (χ4n) is 2.02. The predicted octanol–water partition coefficient (Wildman–Crippen LogP) is 4.06. The number of hydrogen-bond donors (Lipinski definition) is 2. The van der Waals surface area contributed by atoms with E-state index in [4.69, 9.17) is 0 Å². The van der Waals surface area contributed by atoms with Crippen molar-refractivity contribution in [3.05, 3.63) is 49.9 Å². The number of nitrogens with zero attached hydrogens (tertiary/aromatic N) is 3. The Bertz CT molecular complexity index is 992. The molecule has 0 spiro atoms. The Morgan fingerprint density at radius 3 is 2.67 bits per heavy atom. The van der Waals surface area contributed by atoms with E-state index in [1.807, 2.05) is 0 Å².